The zero-order valence-corrected chi connectivity index (χ0v) is 21.2. The Bertz CT molecular complexity index is 1160. The first kappa shape index (κ1) is 26.1. The van der Waals surface area contributed by atoms with Gasteiger partial charge in [-0.2, -0.15) is 18.2 Å². The molecule has 1 fully saturated rings. The number of piperazine rings is 1. The molecule has 0 unspecified atom stereocenters. The zero-order chi connectivity index (χ0) is 25.8. The van der Waals surface area contributed by atoms with Crippen LogP contribution in [0, 0.1) is 0 Å². The van der Waals surface area contributed by atoms with Crippen LogP contribution in [0.15, 0.2) is 59.6 Å². The van der Waals surface area contributed by atoms with Crippen LogP contribution in [0.4, 0.5) is 42.0 Å². The van der Waals surface area contributed by atoms with E-state index in [1.165, 1.54) is 11.9 Å². The average Bonchev–Trinajstić information content (AvgIpc) is 2.83. The SMILES string of the molecule is CC(C)(C)NSc1cccc(Nc2nc(Nc3ccc(N4CCNCC4)cc3)ncc2C(F)(F)F)c1. The smallest absolute Gasteiger partial charge is 0.369 e. The van der Waals surface area contributed by atoms with Gasteiger partial charge in [0.2, 0.25) is 5.95 Å². The average molecular weight is 518 g/mol. The Balaban J connectivity index is 1.52. The zero-order valence-electron chi connectivity index (χ0n) is 20.4. The van der Waals surface area contributed by atoms with Crippen molar-refractivity contribution in [1.82, 2.24) is 20.0 Å². The van der Waals surface area contributed by atoms with Crippen molar-refractivity contribution in [2.75, 3.05) is 41.7 Å². The summed E-state index contributed by atoms with van der Waals surface area (Å²) in [5.74, 6) is -0.247. The lowest BCUT2D eigenvalue weighted by molar-refractivity contribution is -0.137. The number of aromatic nitrogens is 2. The molecule has 0 amide bonds. The van der Waals surface area contributed by atoms with Crippen molar-refractivity contribution in [2.45, 2.75) is 37.4 Å². The molecule has 1 aromatic heterocycles. The molecule has 11 heteroatoms. The van der Waals surface area contributed by atoms with E-state index >= 15 is 0 Å². The first-order chi connectivity index (χ1) is 17.1. The number of hydrogen-bond donors (Lipinski definition) is 4. The molecule has 4 N–H and O–H groups in total. The molecule has 0 saturated carbocycles. The van der Waals surface area contributed by atoms with Crippen molar-refractivity contribution in [3.63, 3.8) is 0 Å². The molecule has 0 spiro atoms. The van der Waals surface area contributed by atoms with E-state index in [0.717, 1.165) is 43.0 Å². The summed E-state index contributed by atoms with van der Waals surface area (Å²) >= 11 is 1.41. The Morgan fingerprint density at radius 3 is 2.33 bits per heavy atom. The van der Waals surface area contributed by atoms with E-state index in [1.807, 2.05) is 51.1 Å². The molecule has 1 saturated heterocycles. The highest BCUT2D eigenvalue weighted by Crippen LogP contribution is 2.36. The van der Waals surface area contributed by atoms with Crippen LogP contribution < -0.4 is 25.6 Å². The molecular weight excluding hydrogens is 487 g/mol. The molecule has 2 aromatic carbocycles. The van der Waals surface area contributed by atoms with E-state index in [0.29, 0.717) is 11.4 Å². The quantitative estimate of drug-likeness (QED) is 0.294. The highest BCUT2D eigenvalue weighted by molar-refractivity contribution is 7.97. The molecule has 2 heterocycles. The third kappa shape index (κ3) is 7.25. The number of hydrogen-bond acceptors (Lipinski definition) is 8. The molecule has 1 aliphatic rings. The van der Waals surface area contributed by atoms with Crippen LogP contribution in [-0.4, -0.2) is 41.7 Å². The maximum Gasteiger partial charge on any atom is 0.421 e. The van der Waals surface area contributed by atoms with Crippen LogP contribution >= 0.6 is 11.9 Å². The maximum atomic E-state index is 13.7. The summed E-state index contributed by atoms with van der Waals surface area (Å²) in [4.78, 5) is 11.2. The lowest BCUT2D eigenvalue weighted by atomic mass is 10.1. The van der Waals surface area contributed by atoms with Crippen LogP contribution in [0.1, 0.15) is 26.3 Å². The number of rotatable bonds is 7. The molecule has 3 aromatic rings. The summed E-state index contributed by atoms with van der Waals surface area (Å²) in [5, 5.41) is 9.16. The number of alkyl halides is 3. The largest absolute Gasteiger partial charge is 0.421 e. The van der Waals surface area contributed by atoms with Gasteiger partial charge < -0.3 is 20.9 Å². The lowest BCUT2D eigenvalue weighted by Crippen LogP contribution is -2.43. The molecule has 0 atom stereocenters. The lowest BCUT2D eigenvalue weighted by Gasteiger charge is -2.29. The van der Waals surface area contributed by atoms with E-state index in [-0.39, 0.29) is 17.3 Å². The van der Waals surface area contributed by atoms with Crippen molar-refractivity contribution >= 4 is 40.8 Å². The van der Waals surface area contributed by atoms with E-state index in [4.69, 9.17) is 0 Å². The third-order valence-corrected chi connectivity index (χ3v) is 6.48. The third-order valence-electron chi connectivity index (χ3n) is 5.27. The Labute approximate surface area is 213 Å². The minimum Gasteiger partial charge on any atom is -0.369 e. The Morgan fingerprint density at radius 2 is 1.67 bits per heavy atom. The van der Waals surface area contributed by atoms with Gasteiger partial charge in [0, 0.05) is 59.9 Å². The van der Waals surface area contributed by atoms with Crippen LogP contribution in [0.5, 0.6) is 0 Å². The van der Waals surface area contributed by atoms with Gasteiger partial charge in [0.1, 0.15) is 11.4 Å². The van der Waals surface area contributed by atoms with Gasteiger partial charge in [-0.3, -0.25) is 4.72 Å². The van der Waals surface area contributed by atoms with Crippen molar-refractivity contribution < 1.29 is 13.2 Å². The van der Waals surface area contributed by atoms with Gasteiger partial charge in [-0.1, -0.05) is 6.07 Å². The van der Waals surface area contributed by atoms with Gasteiger partial charge in [0.05, 0.1) is 0 Å². The fourth-order valence-electron chi connectivity index (χ4n) is 3.54. The summed E-state index contributed by atoms with van der Waals surface area (Å²) in [7, 11) is 0. The van der Waals surface area contributed by atoms with Gasteiger partial charge in [-0.25, -0.2) is 4.98 Å². The molecule has 4 rings (SSSR count). The van der Waals surface area contributed by atoms with Crippen molar-refractivity contribution in [3.8, 4) is 0 Å². The van der Waals surface area contributed by atoms with Gasteiger partial charge in [0.15, 0.2) is 0 Å². The van der Waals surface area contributed by atoms with E-state index in [1.54, 1.807) is 18.2 Å². The second kappa shape index (κ2) is 10.9. The highest BCUT2D eigenvalue weighted by atomic mass is 32.2. The summed E-state index contributed by atoms with van der Waals surface area (Å²) in [6, 6.07) is 14.8. The molecule has 0 radical (unpaired) electrons. The molecule has 7 nitrogen and oxygen atoms in total. The molecule has 0 aliphatic carbocycles. The van der Waals surface area contributed by atoms with Gasteiger partial charge in [-0.15, -0.1) is 0 Å². The number of nitrogens with zero attached hydrogens (tertiary/aromatic N) is 3. The molecule has 0 bridgehead atoms. The van der Waals surface area contributed by atoms with Crippen LogP contribution in [-0.2, 0) is 6.18 Å². The summed E-state index contributed by atoms with van der Waals surface area (Å²) in [6.45, 7) is 9.82. The van der Waals surface area contributed by atoms with Gasteiger partial charge in [0.25, 0.3) is 0 Å². The monoisotopic (exact) mass is 517 g/mol. The van der Waals surface area contributed by atoms with E-state index in [9.17, 15) is 13.2 Å². The van der Waals surface area contributed by atoms with E-state index in [2.05, 4.69) is 35.5 Å². The van der Waals surface area contributed by atoms with Gasteiger partial charge >= 0.3 is 6.18 Å². The van der Waals surface area contributed by atoms with Crippen LogP contribution in [0.25, 0.3) is 0 Å². The second-order valence-corrected chi connectivity index (χ2v) is 10.3. The topological polar surface area (TPSA) is 77.1 Å². The number of anilines is 5. The first-order valence-corrected chi connectivity index (χ1v) is 12.5. The van der Waals surface area contributed by atoms with Crippen LogP contribution in [0.2, 0.25) is 0 Å². The fraction of sp³-hybridized carbons (Fsp3) is 0.360. The second-order valence-electron chi connectivity index (χ2n) is 9.47. The Morgan fingerprint density at radius 1 is 0.944 bits per heavy atom. The predicted molar refractivity (Wildman–Crippen MR) is 140 cm³/mol. The van der Waals surface area contributed by atoms with Gasteiger partial charge in [-0.05, 0) is 75.2 Å². The summed E-state index contributed by atoms with van der Waals surface area (Å²) in [6.07, 6.45) is -3.81. The Hall–Kier alpha value is -3.02. The van der Waals surface area contributed by atoms with Crippen molar-refractivity contribution in [3.05, 3.63) is 60.3 Å². The molecular formula is C25H30F3N7S. The number of benzene rings is 2. The number of halogens is 3. The predicted octanol–water partition coefficient (Wildman–Crippen LogP) is 5.79. The van der Waals surface area contributed by atoms with Crippen molar-refractivity contribution in [1.29, 1.82) is 0 Å². The minimum absolute atomic E-state index is 0.0698. The number of nitrogens with one attached hydrogen (secondary N) is 4. The highest BCUT2D eigenvalue weighted by Gasteiger charge is 2.35. The minimum atomic E-state index is -4.61. The molecule has 1 aliphatic heterocycles. The molecule has 36 heavy (non-hydrogen) atoms. The normalized spacial score (nSPS) is 14.6. The maximum absolute atomic E-state index is 13.7. The molecule has 192 valence electrons. The van der Waals surface area contributed by atoms with Crippen LogP contribution in [0.3, 0.4) is 0 Å². The summed E-state index contributed by atoms with van der Waals surface area (Å²) < 4.78 is 44.4. The van der Waals surface area contributed by atoms with E-state index < -0.39 is 11.7 Å². The summed E-state index contributed by atoms with van der Waals surface area (Å²) in [5.41, 5.74) is 1.22. The van der Waals surface area contributed by atoms with Crippen molar-refractivity contribution in [2.24, 2.45) is 0 Å². The fourth-order valence-corrected chi connectivity index (χ4v) is 4.30. The first-order valence-electron chi connectivity index (χ1n) is 11.6. The Kier molecular flexibility index (Phi) is 7.91. The standard InChI is InChI=1S/C25H30F3N7S/c1-24(2,3)34-36-20-6-4-5-18(15-20)31-22-21(25(26,27)28)16-30-23(33-22)32-17-7-9-19(10-8-17)35-13-11-29-12-14-35/h4-10,15-16,29,34H,11-14H2,1-3H3,(H2,30,31,32,33).